The molecule has 5 heteroatoms. The first-order chi connectivity index (χ1) is 8.20. The molecule has 0 fully saturated rings. The number of nitrogens with one attached hydrogen (secondary N) is 3. The second-order valence-corrected chi connectivity index (χ2v) is 3.80. The predicted molar refractivity (Wildman–Crippen MR) is 66.1 cm³/mol. The molecule has 0 spiro atoms. The molecular formula is C12H15N3O2. The standard InChI is InChI=1S/C12H15N3O2/c1-13-12(17)14-5-4-8-7-15-11-3-2-9(16)6-10(8)11/h2-3,6-7,15-16H,4-5H2,1H3,(H2,13,14,17). The zero-order valence-corrected chi connectivity index (χ0v) is 9.58. The molecule has 1 heterocycles. The van der Waals surface area contributed by atoms with Gasteiger partial charge in [-0.1, -0.05) is 0 Å². The van der Waals surface area contributed by atoms with Crippen LogP contribution in [0.2, 0.25) is 0 Å². The van der Waals surface area contributed by atoms with E-state index in [9.17, 15) is 9.90 Å². The van der Waals surface area contributed by atoms with E-state index in [1.54, 1.807) is 19.2 Å². The normalized spacial score (nSPS) is 10.4. The monoisotopic (exact) mass is 233 g/mol. The van der Waals surface area contributed by atoms with Crippen LogP contribution in [0.1, 0.15) is 5.56 Å². The van der Waals surface area contributed by atoms with Crippen LogP contribution in [-0.2, 0) is 6.42 Å². The Bertz CT molecular complexity index is 534. The second kappa shape index (κ2) is 4.78. The summed E-state index contributed by atoms with van der Waals surface area (Å²) in [5.41, 5.74) is 2.06. The molecule has 0 saturated heterocycles. The molecule has 1 aromatic carbocycles. The Hall–Kier alpha value is -2.17. The Kier molecular flexibility index (Phi) is 3.18. The third kappa shape index (κ3) is 2.50. The number of aromatic amines is 1. The highest BCUT2D eigenvalue weighted by molar-refractivity contribution is 5.84. The van der Waals surface area contributed by atoms with Crippen LogP contribution in [0.3, 0.4) is 0 Å². The molecule has 2 rings (SSSR count). The Morgan fingerprint density at radius 3 is 3.06 bits per heavy atom. The lowest BCUT2D eigenvalue weighted by Gasteiger charge is -2.03. The van der Waals surface area contributed by atoms with Gasteiger partial charge < -0.3 is 20.7 Å². The molecule has 0 aliphatic heterocycles. The quantitative estimate of drug-likeness (QED) is 0.645. The lowest BCUT2D eigenvalue weighted by atomic mass is 10.1. The summed E-state index contributed by atoms with van der Waals surface area (Å²) in [6.45, 7) is 0.558. The topological polar surface area (TPSA) is 77.2 Å². The molecule has 2 amide bonds. The van der Waals surface area contributed by atoms with Gasteiger partial charge in [0, 0.05) is 30.7 Å². The van der Waals surface area contributed by atoms with Crippen molar-refractivity contribution >= 4 is 16.9 Å². The maximum atomic E-state index is 11.0. The van der Waals surface area contributed by atoms with Gasteiger partial charge in [0.05, 0.1) is 0 Å². The van der Waals surface area contributed by atoms with E-state index in [1.807, 2.05) is 12.3 Å². The van der Waals surface area contributed by atoms with Gasteiger partial charge in [0.15, 0.2) is 0 Å². The van der Waals surface area contributed by atoms with Crippen molar-refractivity contribution in [3.63, 3.8) is 0 Å². The number of benzene rings is 1. The first kappa shape index (κ1) is 11.3. The molecule has 0 atom stereocenters. The maximum Gasteiger partial charge on any atom is 0.314 e. The maximum absolute atomic E-state index is 11.0. The number of carbonyl (C=O) groups excluding carboxylic acids is 1. The van der Waals surface area contributed by atoms with Crippen LogP contribution in [0.25, 0.3) is 10.9 Å². The second-order valence-electron chi connectivity index (χ2n) is 3.80. The number of aromatic nitrogens is 1. The van der Waals surface area contributed by atoms with Crippen molar-refractivity contribution in [3.05, 3.63) is 30.0 Å². The van der Waals surface area contributed by atoms with Gasteiger partial charge in [0.2, 0.25) is 0 Å². The Balaban J connectivity index is 2.08. The highest BCUT2D eigenvalue weighted by Crippen LogP contribution is 2.22. The smallest absolute Gasteiger partial charge is 0.314 e. The Morgan fingerprint density at radius 2 is 2.29 bits per heavy atom. The van der Waals surface area contributed by atoms with E-state index >= 15 is 0 Å². The van der Waals surface area contributed by atoms with Crippen LogP contribution in [0.15, 0.2) is 24.4 Å². The van der Waals surface area contributed by atoms with Crippen molar-refractivity contribution in [1.82, 2.24) is 15.6 Å². The number of carbonyl (C=O) groups is 1. The fourth-order valence-corrected chi connectivity index (χ4v) is 1.77. The molecule has 0 saturated carbocycles. The SMILES string of the molecule is CNC(=O)NCCc1c[nH]c2ccc(O)cc12. The number of hydrogen-bond donors (Lipinski definition) is 4. The van der Waals surface area contributed by atoms with Gasteiger partial charge in [-0.2, -0.15) is 0 Å². The number of hydrogen-bond acceptors (Lipinski definition) is 2. The summed E-state index contributed by atoms with van der Waals surface area (Å²) in [5, 5.41) is 15.6. The minimum absolute atomic E-state index is 0.187. The largest absolute Gasteiger partial charge is 0.508 e. The fourth-order valence-electron chi connectivity index (χ4n) is 1.77. The zero-order chi connectivity index (χ0) is 12.3. The molecule has 0 unspecified atom stereocenters. The van der Waals surface area contributed by atoms with Crippen molar-refractivity contribution in [2.24, 2.45) is 0 Å². The number of phenols is 1. The molecule has 0 bridgehead atoms. The lowest BCUT2D eigenvalue weighted by molar-refractivity contribution is 0.243. The number of H-pyrrole nitrogens is 1. The average molecular weight is 233 g/mol. The van der Waals surface area contributed by atoms with Crippen LogP contribution >= 0.6 is 0 Å². The fraction of sp³-hybridized carbons (Fsp3) is 0.250. The summed E-state index contributed by atoms with van der Waals surface area (Å²) < 4.78 is 0. The lowest BCUT2D eigenvalue weighted by Crippen LogP contribution is -2.33. The number of phenolic OH excluding ortho intramolecular Hbond substituents is 1. The van der Waals surface area contributed by atoms with Crippen LogP contribution in [0.4, 0.5) is 4.79 Å². The summed E-state index contributed by atoms with van der Waals surface area (Å²) >= 11 is 0. The van der Waals surface area contributed by atoms with E-state index in [4.69, 9.17) is 0 Å². The molecule has 0 aliphatic carbocycles. The Labute approximate surface area is 98.8 Å². The first-order valence-corrected chi connectivity index (χ1v) is 5.45. The van der Waals surface area contributed by atoms with Crippen molar-refractivity contribution in [2.75, 3.05) is 13.6 Å². The molecule has 5 nitrogen and oxygen atoms in total. The van der Waals surface area contributed by atoms with Gasteiger partial charge in [-0.25, -0.2) is 4.79 Å². The van der Waals surface area contributed by atoms with E-state index in [1.165, 1.54) is 0 Å². The summed E-state index contributed by atoms with van der Waals surface area (Å²) in [6, 6.07) is 5.01. The molecule has 1 aromatic heterocycles. The van der Waals surface area contributed by atoms with Gasteiger partial charge in [-0.15, -0.1) is 0 Å². The highest BCUT2D eigenvalue weighted by Gasteiger charge is 2.04. The van der Waals surface area contributed by atoms with Gasteiger partial charge >= 0.3 is 6.03 Å². The van der Waals surface area contributed by atoms with Crippen molar-refractivity contribution in [3.8, 4) is 5.75 Å². The molecule has 0 aliphatic rings. The van der Waals surface area contributed by atoms with E-state index in [0.29, 0.717) is 6.54 Å². The van der Waals surface area contributed by atoms with Crippen LogP contribution in [-0.4, -0.2) is 29.7 Å². The van der Waals surface area contributed by atoms with Crippen molar-refractivity contribution in [1.29, 1.82) is 0 Å². The number of amides is 2. The average Bonchev–Trinajstić information content (AvgIpc) is 2.72. The predicted octanol–water partition coefficient (Wildman–Crippen LogP) is 1.34. The summed E-state index contributed by atoms with van der Waals surface area (Å²) in [6.07, 6.45) is 2.62. The van der Waals surface area contributed by atoms with E-state index < -0.39 is 0 Å². The Morgan fingerprint density at radius 1 is 1.47 bits per heavy atom. The summed E-state index contributed by atoms with van der Waals surface area (Å²) in [4.78, 5) is 14.1. The van der Waals surface area contributed by atoms with Gasteiger partial charge in [0.25, 0.3) is 0 Å². The third-order valence-electron chi connectivity index (χ3n) is 2.66. The van der Waals surface area contributed by atoms with E-state index in [-0.39, 0.29) is 11.8 Å². The minimum Gasteiger partial charge on any atom is -0.508 e. The number of urea groups is 1. The highest BCUT2D eigenvalue weighted by atomic mass is 16.3. The molecule has 0 radical (unpaired) electrons. The van der Waals surface area contributed by atoms with Crippen LogP contribution < -0.4 is 10.6 Å². The summed E-state index contributed by atoms with van der Waals surface area (Å²) in [7, 11) is 1.58. The molecule has 17 heavy (non-hydrogen) atoms. The van der Waals surface area contributed by atoms with Crippen LogP contribution in [0.5, 0.6) is 5.75 Å². The zero-order valence-electron chi connectivity index (χ0n) is 9.58. The van der Waals surface area contributed by atoms with Crippen LogP contribution in [0, 0.1) is 0 Å². The van der Waals surface area contributed by atoms with E-state index in [2.05, 4.69) is 15.6 Å². The molecular weight excluding hydrogens is 218 g/mol. The summed E-state index contributed by atoms with van der Waals surface area (Å²) in [5.74, 6) is 0.248. The molecule has 4 N–H and O–H groups in total. The molecule has 90 valence electrons. The van der Waals surface area contributed by atoms with Gasteiger partial charge in [0.1, 0.15) is 5.75 Å². The van der Waals surface area contributed by atoms with Crippen molar-refractivity contribution in [2.45, 2.75) is 6.42 Å². The van der Waals surface area contributed by atoms with Gasteiger partial charge in [-0.05, 0) is 30.2 Å². The minimum atomic E-state index is -0.187. The number of rotatable bonds is 3. The third-order valence-corrected chi connectivity index (χ3v) is 2.66. The van der Waals surface area contributed by atoms with Gasteiger partial charge in [-0.3, -0.25) is 0 Å². The number of aromatic hydroxyl groups is 1. The van der Waals surface area contributed by atoms with E-state index in [0.717, 1.165) is 22.9 Å². The molecule has 2 aromatic rings. The first-order valence-electron chi connectivity index (χ1n) is 5.45. The number of fused-ring (bicyclic) bond motifs is 1. The van der Waals surface area contributed by atoms with Crippen molar-refractivity contribution < 1.29 is 9.90 Å².